The molecule has 2 heterocycles. The molecule has 7 nitrogen and oxygen atoms in total. The molecule has 1 aliphatic rings. The zero-order valence-corrected chi connectivity index (χ0v) is 11.4. The second-order valence-electron chi connectivity index (χ2n) is 4.04. The Morgan fingerprint density at radius 3 is 2.63 bits per heavy atom. The Morgan fingerprint density at radius 2 is 2.11 bits per heavy atom. The molecule has 1 aliphatic heterocycles. The molecule has 0 aliphatic carbocycles. The third-order valence-corrected chi connectivity index (χ3v) is 3.97. The molecule has 104 valence electrons. The Balaban J connectivity index is 1.92. The molecule has 2 rings (SSSR count). The first-order valence-electron chi connectivity index (χ1n) is 6.02. The SMILES string of the molecule is CCOC(=O)N1CCN(c2ccc([N+](=O)[O-])s2)CC1. The summed E-state index contributed by atoms with van der Waals surface area (Å²) in [5.41, 5.74) is 0. The highest BCUT2D eigenvalue weighted by Gasteiger charge is 2.23. The maximum atomic E-state index is 11.5. The second-order valence-corrected chi connectivity index (χ2v) is 5.08. The van der Waals surface area contributed by atoms with E-state index >= 15 is 0 Å². The number of amides is 1. The number of carbonyl (C=O) groups excluding carboxylic acids is 1. The number of rotatable bonds is 3. The molecule has 0 unspecified atom stereocenters. The van der Waals surface area contributed by atoms with Crippen LogP contribution in [0.15, 0.2) is 12.1 Å². The van der Waals surface area contributed by atoms with Gasteiger partial charge in [-0.15, -0.1) is 0 Å². The highest BCUT2D eigenvalue weighted by molar-refractivity contribution is 7.19. The van der Waals surface area contributed by atoms with Gasteiger partial charge in [0.15, 0.2) is 0 Å². The number of thiophene rings is 1. The molecule has 1 fully saturated rings. The smallest absolute Gasteiger partial charge is 0.409 e. The van der Waals surface area contributed by atoms with E-state index in [0.29, 0.717) is 32.8 Å². The molecular formula is C11H15N3O4S. The quantitative estimate of drug-likeness (QED) is 0.626. The Labute approximate surface area is 114 Å². The molecule has 0 saturated carbocycles. The van der Waals surface area contributed by atoms with E-state index in [1.807, 2.05) is 4.90 Å². The van der Waals surface area contributed by atoms with E-state index in [4.69, 9.17) is 4.74 Å². The van der Waals surface area contributed by atoms with Gasteiger partial charge >= 0.3 is 11.1 Å². The van der Waals surface area contributed by atoms with Crippen molar-refractivity contribution in [3.63, 3.8) is 0 Å². The van der Waals surface area contributed by atoms with Gasteiger partial charge in [-0.2, -0.15) is 0 Å². The first kappa shape index (κ1) is 13.6. The molecule has 1 amide bonds. The number of hydrogen-bond donors (Lipinski definition) is 0. The van der Waals surface area contributed by atoms with Crippen LogP contribution in [0.25, 0.3) is 0 Å². The fraction of sp³-hybridized carbons (Fsp3) is 0.545. The summed E-state index contributed by atoms with van der Waals surface area (Å²) in [5, 5.41) is 11.7. The van der Waals surface area contributed by atoms with Crippen LogP contribution in [-0.2, 0) is 4.74 Å². The maximum Gasteiger partial charge on any atom is 0.409 e. The summed E-state index contributed by atoms with van der Waals surface area (Å²) < 4.78 is 4.94. The average Bonchev–Trinajstić information content (AvgIpc) is 2.89. The van der Waals surface area contributed by atoms with Gasteiger partial charge in [-0.25, -0.2) is 4.79 Å². The first-order chi connectivity index (χ1) is 9.11. The summed E-state index contributed by atoms with van der Waals surface area (Å²) >= 11 is 1.16. The van der Waals surface area contributed by atoms with Crippen molar-refractivity contribution in [2.75, 3.05) is 37.7 Å². The number of nitrogens with zero attached hydrogens (tertiary/aromatic N) is 3. The fourth-order valence-electron chi connectivity index (χ4n) is 1.91. The minimum Gasteiger partial charge on any atom is -0.450 e. The summed E-state index contributed by atoms with van der Waals surface area (Å²) in [6.07, 6.45) is -0.292. The number of carbonyl (C=O) groups is 1. The van der Waals surface area contributed by atoms with E-state index in [-0.39, 0.29) is 16.0 Å². The minimum atomic E-state index is -0.386. The Bertz CT molecular complexity index is 468. The molecule has 0 bridgehead atoms. The van der Waals surface area contributed by atoms with Crippen molar-refractivity contribution in [3.05, 3.63) is 22.2 Å². The zero-order valence-electron chi connectivity index (χ0n) is 10.6. The summed E-state index contributed by atoms with van der Waals surface area (Å²) in [7, 11) is 0. The van der Waals surface area contributed by atoms with Gasteiger partial charge in [0.1, 0.15) is 0 Å². The van der Waals surface area contributed by atoms with Gasteiger partial charge in [-0.3, -0.25) is 10.1 Å². The number of hydrogen-bond acceptors (Lipinski definition) is 6. The molecule has 8 heteroatoms. The van der Waals surface area contributed by atoms with Crippen molar-refractivity contribution in [1.29, 1.82) is 0 Å². The molecule has 0 radical (unpaired) electrons. The van der Waals surface area contributed by atoms with E-state index in [0.717, 1.165) is 16.3 Å². The summed E-state index contributed by atoms with van der Waals surface area (Å²) in [4.78, 5) is 25.5. The van der Waals surface area contributed by atoms with Gasteiger partial charge in [0, 0.05) is 32.2 Å². The standard InChI is InChI=1S/C11H15N3O4S/c1-2-18-11(15)13-7-5-12(6-8-13)9-3-4-10(19-9)14(16)17/h3-4H,2,5-8H2,1H3. The van der Waals surface area contributed by atoms with E-state index in [2.05, 4.69) is 0 Å². The third-order valence-electron chi connectivity index (χ3n) is 2.87. The lowest BCUT2D eigenvalue weighted by molar-refractivity contribution is -0.380. The summed E-state index contributed by atoms with van der Waals surface area (Å²) in [6.45, 7) is 4.62. The Kier molecular flexibility index (Phi) is 4.20. The Hall–Kier alpha value is -1.83. The van der Waals surface area contributed by atoms with Crippen LogP contribution < -0.4 is 4.90 Å². The van der Waals surface area contributed by atoms with Gasteiger partial charge in [0.05, 0.1) is 16.5 Å². The fourth-order valence-corrected chi connectivity index (χ4v) is 2.78. The highest BCUT2D eigenvalue weighted by atomic mass is 32.1. The van der Waals surface area contributed by atoms with Gasteiger partial charge < -0.3 is 14.5 Å². The molecule has 0 aromatic carbocycles. The minimum absolute atomic E-state index is 0.142. The van der Waals surface area contributed by atoms with E-state index in [1.54, 1.807) is 17.9 Å². The molecule has 0 spiro atoms. The van der Waals surface area contributed by atoms with Gasteiger partial charge in [0.2, 0.25) is 0 Å². The molecule has 1 saturated heterocycles. The van der Waals surface area contributed by atoms with Crippen molar-refractivity contribution in [3.8, 4) is 0 Å². The lowest BCUT2D eigenvalue weighted by Gasteiger charge is -2.34. The number of anilines is 1. The largest absolute Gasteiger partial charge is 0.450 e. The number of piperazine rings is 1. The van der Waals surface area contributed by atoms with Crippen molar-refractivity contribution >= 4 is 27.4 Å². The lowest BCUT2D eigenvalue weighted by Crippen LogP contribution is -2.48. The van der Waals surface area contributed by atoms with Gasteiger partial charge in [0.25, 0.3) is 0 Å². The van der Waals surface area contributed by atoms with E-state index in [9.17, 15) is 14.9 Å². The van der Waals surface area contributed by atoms with Gasteiger partial charge in [-0.05, 0) is 24.3 Å². The van der Waals surface area contributed by atoms with Crippen LogP contribution >= 0.6 is 11.3 Å². The van der Waals surface area contributed by atoms with E-state index < -0.39 is 0 Å². The normalized spacial score (nSPS) is 15.4. The van der Waals surface area contributed by atoms with Crippen molar-refractivity contribution < 1.29 is 14.5 Å². The predicted molar refractivity (Wildman–Crippen MR) is 71.8 cm³/mol. The lowest BCUT2D eigenvalue weighted by atomic mass is 10.3. The van der Waals surface area contributed by atoms with Crippen LogP contribution in [0, 0.1) is 10.1 Å². The van der Waals surface area contributed by atoms with Crippen LogP contribution in [0.4, 0.5) is 14.8 Å². The van der Waals surface area contributed by atoms with E-state index in [1.165, 1.54) is 6.07 Å². The topological polar surface area (TPSA) is 75.9 Å². The van der Waals surface area contributed by atoms with Crippen LogP contribution in [0.1, 0.15) is 6.92 Å². The average molecular weight is 285 g/mol. The predicted octanol–water partition coefficient (Wildman–Crippen LogP) is 1.93. The van der Waals surface area contributed by atoms with Crippen LogP contribution in [-0.4, -0.2) is 48.7 Å². The number of nitro groups is 1. The molecular weight excluding hydrogens is 270 g/mol. The monoisotopic (exact) mass is 285 g/mol. The second kappa shape index (κ2) is 5.87. The molecule has 19 heavy (non-hydrogen) atoms. The summed E-state index contributed by atoms with van der Waals surface area (Å²) in [6, 6.07) is 3.26. The first-order valence-corrected chi connectivity index (χ1v) is 6.84. The maximum absolute atomic E-state index is 11.5. The molecule has 0 atom stereocenters. The molecule has 1 aromatic rings. The van der Waals surface area contributed by atoms with Crippen LogP contribution in [0.3, 0.4) is 0 Å². The third kappa shape index (κ3) is 3.14. The van der Waals surface area contributed by atoms with Crippen molar-refractivity contribution in [1.82, 2.24) is 4.90 Å². The summed E-state index contributed by atoms with van der Waals surface area (Å²) in [5.74, 6) is 0. The van der Waals surface area contributed by atoms with Gasteiger partial charge in [-0.1, -0.05) is 0 Å². The van der Waals surface area contributed by atoms with Crippen molar-refractivity contribution in [2.45, 2.75) is 6.92 Å². The number of ether oxygens (including phenoxy) is 1. The molecule has 1 aromatic heterocycles. The Morgan fingerprint density at radius 1 is 1.42 bits per heavy atom. The van der Waals surface area contributed by atoms with Crippen molar-refractivity contribution in [2.24, 2.45) is 0 Å². The zero-order chi connectivity index (χ0) is 13.8. The highest BCUT2D eigenvalue weighted by Crippen LogP contribution is 2.31. The van der Waals surface area contributed by atoms with Crippen LogP contribution in [0.5, 0.6) is 0 Å². The molecule has 0 N–H and O–H groups in total. The van der Waals surface area contributed by atoms with Crippen LogP contribution in [0.2, 0.25) is 0 Å².